The number of anilines is 1. The second kappa shape index (κ2) is 8.80. The summed E-state index contributed by atoms with van der Waals surface area (Å²) in [5.74, 6) is 1.34. The highest BCUT2D eigenvalue weighted by molar-refractivity contribution is 5.81. The first-order valence-corrected chi connectivity index (χ1v) is 9.76. The second-order valence-electron chi connectivity index (χ2n) is 6.90. The Hall–Kier alpha value is -3.31. The van der Waals surface area contributed by atoms with Crippen molar-refractivity contribution in [2.24, 2.45) is 0 Å². The van der Waals surface area contributed by atoms with E-state index >= 15 is 0 Å². The summed E-state index contributed by atoms with van der Waals surface area (Å²) in [6.07, 6.45) is 1.95. The first-order valence-electron chi connectivity index (χ1n) is 9.76. The summed E-state index contributed by atoms with van der Waals surface area (Å²) < 4.78 is 7.50. The monoisotopic (exact) mass is 388 g/mol. The summed E-state index contributed by atoms with van der Waals surface area (Å²) in [4.78, 5) is 4.59. The van der Waals surface area contributed by atoms with Crippen LogP contribution in [0.1, 0.15) is 30.5 Å². The highest BCUT2D eigenvalue weighted by Crippen LogP contribution is 2.26. The van der Waals surface area contributed by atoms with Gasteiger partial charge in [-0.15, -0.1) is 0 Å². The van der Waals surface area contributed by atoms with Gasteiger partial charge in [0.25, 0.3) is 0 Å². The van der Waals surface area contributed by atoms with Crippen molar-refractivity contribution in [3.63, 3.8) is 0 Å². The van der Waals surface area contributed by atoms with Crippen molar-refractivity contribution in [1.29, 1.82) is 0 Å². The minimum absolute atomic E-state index is 0. The predicted octanol–water partition coefficient (Wildman–Crippen LogP) is 5.32. The second-order valence-corrected chi connectivity index (χ2v) is 6.90. The van der Waals surface area contributed by atoms with Crippen LogP contribution in [0.2, 0.25) is 0 Å². The van der Waals surface area contributed by atoms with Gasteiger partial charge in [0.1, 0.15) is 5.75 Å². The molecule has 0 saturated heterocycles. The van der Waals surface area contributed by atoms with E-state index in [1.54, 1.807) is 0 Å². The van der Waals surface area contributed by atoms with Crippen molar-refractivity contribution in [3.8, 4) is 11.4 Å². The van der Waals surface area contributed by atoms with Gasteiger partial charge in [-0.05, 0) is 72.9 Å². The number of aryl methyl sites for hydroxylation is 1. The summed E-state index contributed by atoms with van der Waals surface area (Å²) in [5, 5.41) is 0. The third kappa shape index (κ3) is 4.25. The Labute approximate surface area is 171 Å². The van der Waals surface area contributed by atoms with Crippen molar-refractivity contribution in [1.82, 2.24) is 15.7 Å². The summed E-state index contributed by atoms with van der Waals surface area (Å²) in [5.41, 5.74) is 13.0. The Morgan fingerprint density at radius 2 is 1.52 bits per heavy atom. The number of rotatable bonds is 6. The lowest BCUT2D eigenvalue weighted by molar-refractivity contribution is 0.340. The predicted molar refractivity (Wildman–Crippen MR) is 120 cm³/mol. The van der Waals surface area contributed by atoms with E-state index < -0.39 is 0 Å². The SMILES string of the molecule is CCOc1ccc(-n2c(N)nc3cc(Cc4ccc(CC)cc4)ccc32)cc1.N. The van der Waals surface area contributed by atoms with Gasteiger partial charge in [0.15, 0.2) is 0 Å². The van der Waals surface area contributed by atoms with Crippen LogP contribution in [0.15, 0.2) is 66.7 Å². The van der Waals surface area contributed by atoms with Crippen molar-refractivity contribution < 1.29 is 4.74 Å². The van der Waals surface area contributed by atoms with E-state index in [0.29, 0.717) is 12.6 Å². The minimum atomic E-state index is 0. The van der Waals surface area contributed by atoms with Gasteiger partial charge in [-0.25, -0.2) is 4.98 Å². The first kappa shape index (κ1) is 20.4. The number of ether oxygens (including phenoxy) is 1. The largest absolute Gasteiger partial charge is 0.494 e. The molecule has 0 unspecified atom stereocenters. The third-order valence-corrected chi connectivity index (χ3v) is 4.99. The van der Waals surface area contributed by atoms with E-state index in [2.05, 4.69) is 54.4 Å². The number of nitrogens with two attached hydrogens (primary N) is 1. The number of imidazole rings is 1. The average molecular weight is 389 g/mol. The van der Waals surface area contributed by atoms with Gasteiger partial charge in [0, 0.05) is 5.69 Å². The maximum Gasteiger partial charge on any atom is 0.205 e. The zero-order valence-corrected chi connectivity index (χ0v) is 17.1. The van der Waals surface area contributed by atoms with Crippen LogP contribution in [0.3, 0.4) is 0 Å². The zero-order chi connectivity index (χ0) is 19.5. The number of aromatic nitrogens is 2. The first-order chi connectivity index (χ1) is 13.7. The van der Waals surface area contributed by atoms with Crippen LogP contribution < -0.4 is 16.6 Å². The lowest BCUT2D eigenvalue weighted by Crippen LogP contribution is -2.00. The van der Waals surface area contributed by atoms with E-state index in [-0.39, 0.29) is 6.15 Å². The highest BCUT2D eigenvalue weighted by Gasteiger charge is 2.11. The fourth-order valence-corrected chi connectivity index (χ4v) is 3.51. The molecule has 0 bridgehead atoms. The van der Waals surface area contributed by atoms with Crippen molar-refractivity contribution in [3.05, 3.63) is 83.4 Å². The summed E-state index contributed by atoms with van der Waals surface area (Å²) >= 11 is 0. The van der Waals surface area contributed by atoms with Gasteiger partial charge in [0.2, 0.25) is 5.95 Å². The molecule has 1 aromatic heterocycles. The molecule has 1 heterocycles. The van der Waals surface area contributed by atoms with Crippen LogP contribution >= 0.6 is 0 Å². The third-order valence-electron chi connectivity index (χ3n) is 4.99. The Morgan fingerprint density at radius 1 is 0.862 bits per heavy atom. The molecule has 0 amide bonds. The molecule has 5 heteroatoms. The molecule has 4 aromatic rings. The molecule has 150 valence electrons. The molecule has 0 spiro atoms. The molecular formula is C24H28N4O. The number of hydrogen-bond donors (Lipinski definition) is 2. The number of fused-ring (bicyclic) bond motifs is 1. The summed E-state index contributed by atoms with van der Waals surface area (Å²) in [6, 6.07) is 23.1. The lowest BCUT2D eigenvalue weighted by atomic mass is 10.0. The Balaban J connectivity index is 0.00000240. The summed E-state index contributed by atoms with van der Waals surface area (Å²) in [7, 11) is 0. The van der Waals surface area contributed by atoms with Crippen LogP contribution in [-0.4, -0.2) is 16.2 Å². The number of nitrogen functional groups attached to an aromatic ring is 1. The van der Waals surface area contributed by atoms with E-state index in [9.17, 15) is 0 Å². The molecule has 3 aromatic carbocycles. The molecule has 0 fully saturated rings. The highest BCUT2D eigenvalue weighted by atomic mass is 16.5. The van der Waals surface area contributed by atoms with Crippen molar-refractivity contribution in [2.75, 3.05) is 12.3 Å². The fraction of sp³-hybridized carbons (Fsp3) is 0.208. The van der Waals surface area contributed by atoms with Gasteiger partial charge < -0.3 is 16.6 Å². The molecule has 4 rings (SSSR count). The molecule has 5 N–H and O–H groups in total. The van der Waals surface area contributed by atoms with Crippen LogP contribution in [0, 0.1) is 0 Å². The van der Waals surface area contributed by atoms with Crippen LogP contribution in [-0.2, 0) is 12.8 Å². The van der Waals surface area contributed by atoms with Gasteiger partial charge in [-0.3, -0.25) is 4.57 Å². The maximum absolute atomic E-state index is 6.24. The molecule has 0 atom stereocenters. The summed E-state index contributed by atoms with van der Waals surface area (Å²) in [6.45, 7) is 4.80. The van der Waals surface area contributed by atoms with Crippen molar-refractivity contribution in [2.45, 2.75) is 26.7 Å². The molecule has 0 saturated carbocycles. The van der Waals surface area contributed by atoms with Gasteiger partial charge >= 0.3 is 0 Å². The normalized spacial score (nSPS) is 10.7. The van der Waals surface area contributed by atoms with Crippen LogP contribution in [0.4, 0.5) is 5.95 Å². The zero-order valence-electron chi connectivity index (χ0n) is 17.1. The van der Waals surface area contributed by atoms with Gasteiger partial charge in [0.05, 0.1) is 17.6 Å². The minimum Gasteiger partial charge on any atom is -0.494 e. The molecule has 0 aliphatic rings. The van der Waals surface area contributed by atoms with E-state index in [4.69, 9.17) is 10.5 Å². The molecule has 0 aliphatic carbocycles. The van der Waals surface area contributed by atoms with Crippen LogP contribution in [0.25, 0.3) is 16.7 Å². The average Bonchev–Trinajstić information content (AvgIpc) is 3.04. The van der Waals surface area contributed by atoms with Crippen molar-refractivity contribution >= 4 is 17.0 Å². The Morgan fingerprint density at radius 3 is 2.17 bits per heavy atom. The molecule has 5 nitrogen and oxygen atoms in total. The van der Waals surface area contributed by atoms with Gasteiger partial charge in [-0.1, -0.05) is 37.3 Å². The number of nitrogens with zero attached hydrogens (tertiary/aromatic N) is 2. The van der Waals surface area contributed by atoms with E-state index in [1.807, 2.05) is 35.8 Å². The Kier molecular flexibility index (Phi) is 6.20. The smallest absolute Gasteiger partial charge is 0.205 e. The Bertz CT molecular complexity index is 1080. The maximum atomic E-state index is 6.24. The van der Waals surface area contributed by atoms with Crippen LogP contribution in [0.5, 0.6) is 5.75 Å². The molecular weight excluding hydrogens is 360 g/mol. The quantitative estimate of drug-likeness (QED) is 0.468. The van der Waals surface area contributed by atoms with Gasteiger partial charge in [-0.2, -0.15) is 0 Å². The fourth-order valence-electron chi connectivity index (χ4n) is 3.51. The number of benzene rings is 3. The molecule has 29 heavy (non-hydrogen) atoms. The topological polar surface area (TPSA) is 88.1 Å². The number of hydrogen-bond acceptors (Lipinski definition) is 4. The standard InChI is InChI=1S/C24H25N3O.H3N/c1-3-17-5-7-18(8-6-17)15-19-9-14-23-22(16-19)26-24(25)27(23)20-10-12-21(13-11-20)28-4-2;/h5-14,16H,3-4,15H2,1-2H3,(H2,25,26);1H3. The molecule has 0 radical (unpaired) electrons. The van der Waals surface area contributed by atoms with E-state index in [0.717, 1.165) is 35.3 Å². The van der Waals surface area contributed by atoms with E-state index in [1.165, 1.54) is 16.7 Å². The molecule has 0 aliphatic heterocycles. The lowest BCUT2D eigenvalue weighted by Gasteiger charge is -2.09.